The third kappa shape index (κ3) is 3.64. The van der Waals surface area contributed by atoms with Crippen LogP contribution in [0.15, 0.2) is 33.0 Å². The van der Waals surface area contributed by atoms with Crippen LogP contribution in [0.4, 0.5) is 9.59 Å². The number of hydrogen-bond donors (Lipinski definition) is 3. The average Bonchev–Trinajstić information content (AvgIpc) is 3.18. The number of ether oxygens (including phenoxy) is 3. The lowest BCUT2D eigenvalue weighted by atomic mass is 10.1. The van der Waals surface area contributed by atoms with Gasteiger partial charge in [0.25, 0.3) is 0 Å². The Balaban J connectivity index is 2.33. The number of carbonyl (C=O) groups excluding carboxylic acids is 2. The molecule has 2 heterocycles. The maximum atomic E-state index is 11.2. The summed E-state index contributed by atoms with van der Waals surface area (Å²) in [4.78, 5) is 22.3. The topological polar surface area (TPSA) is 148 Å². The third-order valence-electron chi connectivity index (χ3n) is 2.64. The minimum absolute atomic E-state index is 0.0479. The Bertz CT molecular complexity index is 665. The Morgan fingerprint density at radius 2 is 1.87 bits per heavy atom. The lowest BCUT2D eigenvalue weighted by molar-refractivity contribution is 0.170. The molecule has 23 heavy (non-hydrogen) atoms. The molecule has 122 valence electrons. The summed E-state index contributed by atoms with van der Waals surface area (Å²) < 4.78 is 19.3. The van der Waals surface area contributed by atoms with Crippen LogP contribution in [0.3, 0.4) is 0 Å². The van der Waals surface area contributed by atoms with Gasteiger partial charge >= 0.3 is 12.2 Å². The number of nitrogens with zero attached hydrogens (tertiary/aromatic N) is 2. The molecule has 1 saturated heterocycles. The van der Waals surface area contributed by atoms with E-state index in [4.69, 9.17) is 14.6 Å². The Kier molecular flexibility index (Phi) is 4.92. The Morgan fingerprint density at radius 1 is 1.22 bits per heavy atom. The minimum atomic E-state index is -0.909. The van der Waals surface area contributed by atoms with Crippen LogP contribution in [0.25, 0.3) is 0 Å². The van der Waals surface area contributed by atoms with Crippen molar-refractivity contribution in [2.75, 3.05) is 14.2 Å². The second-order valence-electron chi connectivity index (χ2n) is 4.01. The van der Waals surface area contributed by atoms with E-state index in [1.54, 1.807) is 12.1 Å². The van der Waals surface area contributed by atoms with Gasteiger partial charge in [-0.15, -0.1) is 0 Å². The predicted molar refractivity (Wildman–Crippen MR) is 76.2 cm³/mol. The van der Waals surface area contributed by atoms with Gasteiger partial charge in [-0.2, -0.15) is 10.2 Å². The zero-order valence-electron chi connectivity index (χ0n) is 12.2. The second-order valence-corrected chi connectivity index (χ2v) is 4.01. The highest BCUT2D eigenvalue weighted by atomic mass is 16.5. The van der Waals surface area contributed by atoms with Crippen LogP contribution in [0.5, 0.6) is 0 Å². The molecule has 11 heteroatoms. The van der Waals surface area contributed by atoms with Gasteiger partial charge in [0.1, 0.15) is 5.71 Å². The standard InChI is InChI=1S/C12H13N5O6/c1-20-11(18)16-14-7-8(15-17-12(19)21-2)10(13)23-9(7)6-4-3-5-22-6/h3-5,9,13H,1-2H3,(H,16,18)(H,17,19)/b13-10?,14-7+,15-8+/t9-/m1/s1. The van der Waals surface area contributed by atoms with Gasteiger partial charge in [-0.3, -0.25) is 5.41 Å². The molecule has 2 amide bonds. The van der Waals surface area contributed by atoms with E-state index in [-0.39, 0.29) is 17.3 Å². The van der Waals surface area contributed by atoms with E-state index >= 15 is 0 Å². The number of carbonyl (C=O) groups is 2. The van der Waals surface area contributed by atoms with E-state index in [0.717, 1.165) is 7.11 Å². The van der Waals surface area contributed by atoms with E-state index in [9.17, 15) is 9.59 Å². The summed E-state index contributed by atoms with van der Waals surface area (Å²) in [5, 5.41) is 15.3. The molecule has 0 spiro atoms. The SMILES string of the molecule is COC(=O)N/N=C1/C(=N)O[C@H](c2ccco2)/C1=N/NC(=O)OC. The lowest BCUT2D eigenvalue weighted by Gasteiger charge is -2.06. The van der Waals surface area contributed by atoms with Crippen molar-refractivity contribution < 1.29 is 28.2 Å². The molecule has 0 radical (unpaired) electrons. The first-order chi connectivity index (χ1) is 11.1. The summed E-state index contributed by atoms with van der Waals surface area (Å²) in [6.45, 7) is 0. The third-order valence-corrected chi connectivity index (χ3v) is 2.64. The Hall–Kier alpha value is -3.37. The van der Waals surface area contributed by atoms with Gasteiger partial charge in [-0.1, -0.05) is 0 Å². The molecule has 1 aromatic heterocycles. The molecule has 1 aliphatic heterocycles. The molecule has 0 saturated carbocycles. The summed E-state index contributed by atoms with van der Waals surface area (Å²) in [5.74, 6) is -0.0309. The lowest BCUT2D eigenvalue weighted by Crippen LogP contribution is -2.27. The first-order valence-electron chi connectivity index (χ1n) is 6.19. The number of nitrogens with one attached hydrogen (secondary N) is 3. The fourth-order valence-corrected chi connectivity index (χ4v) is 1.62. The van der Waals surface area contributed by atoms with E-state index in [1.807, 2.05) is 0 Å². The number of amides is 2. The molecule has 0 aliphatic carbocycles. The normalized spacial score (nSPS) is 20.3. The fraction of sp³-hybridized carbons (Fsp3) is 0.250. The van der Waals surface area contributed by atoms with Crippen LogP contribution in [-0.2, 0) is 14.2 Å². The van der Waals surface area contributed by atoms with Crippen molar-refractivity contribution in [2.24, 2.45) is 10.2 Å². The summed E-state index contributed by atoms with van der Waals surface area (Å²) in [6.07, 6.45) is -1.16. The smallest absolute Gasteiger partial charge is 0.427 e. The summed E-state index contributed by atoms with van der Waals surface area (Å²) in [6, 6.07) is 3.22. The van der Waals surface area contributed by atoms with E-state index < -0.39 is 18.3 Å². The van der Waals surface area contributed by atoms with Crippen LogP contribution >= 0.6 is 0 Å². The van der Waals surface area contributed by atoms with Gasteiger partial charge in [-0.25, -0.2) is 20.4 Å². The highest BCUT2D eigenvalue weighted by Crippen LogP contribution is 2.26. The maximum Gasteiger partial charge on any atom is 0.427 e. The van der Waals surface area contributed by atoms with Gasteiger partial charge in [-0.05, 0) is 12.1 Å². The van der Waals surface area contributed by atoms with Gasteiger partial charge in [0.05, 0.1) is 20.5 Å². The predicted octanol–water partition coefficient (Wildman–Crippen LogP) is 0.752. The molecular formula is C12H13N5O6. The molecule has 1 aliphatic rings. The van der Waals surface area contributed by atoms with Gasteiger partial charge in [0.15, 0.2) is 11.5 Å². The van der Waals surface area contributed by atoms with Crippen molar-refractivity contribution in [2.45, 2.75) is 6.10 Å². The molecule has 0 bridgehead atoms. The molecule has 0 aromatic carbocycles. The molecular weight excluding hydrogens is 310 g/mol. The van der Waals surface area contributed by atoms with Crippen LogP contribution in [0, 0.1) is 5.41 Å². The minimum Gasteiger partial charge on any atom is -0.465 e. The van der Waals surface area contributed by atoms with Crippen molar-refractivity contribution >= 4 is 29.5 Å². The molecule has 0 unspecified atom stereocenters. The van der Waals surface area contributed by atoms with E-state index in [0.29, 0.717) is 5.76 Å². The summed E-state index contributed by atoms with van der Waals surface area (Å²) in [5.41, 5.74) is 4.10. The largest absolute Gasteiger partial charge is 0.465 e. The monoisotopic (exact) mass is 323 g/mol. The zero-order valence-corrected chi connectivity index (χ0v) is 12.2. The molecule has 2 rings (SSSR count). The van der Waals surface area contributed by atoms with E-state index in [2.05, 4.69) is 30.5 Å². The van der Waals surface area contributed by atoms with Crippen molar-refractivity contribution in [3.63, 3.8) is 0 Å². The number of hydrogen-bond acceptors (Lipinski definition) is 9. The zero-order chi connectivity index (χ0) is 16.8. The van der Waals surface area contributed by atoms with Crippen LogP contribution < -0.4 is 10.9 Å². The van der Waals surface area contributed by atoms with Crippen molar-refractivity contribution in [3.8, 4) is 0 Å². The van der Waals surface area contributed by atoms with Gasteiger partial charge < -0.3 is 18.6 Å². The number of hydrazone groups is 2. The quantitative estimate of drug-likeness (QED) is 0.699. The molecule has 1 fully saturated rings. The number of furan rings is 1. The average molecular weight is 323 g/mol. The first kappa shape index (κ1) is 16.0. The summed E-state index contributed by atoms with van der Waals surface area (Å²) >= 11 is 0. The van der Waals surface area contributed by atoms with Crippen molar-refractivity contribution in [3.05, 3.63) is 24.2 Å². The maximum absolute atomic E-state index is 11.2. The van der Waals surface area contributed by atoms with Crippen LogP contribution in [0.1, 0.15) is 11.9 Å². The Labute approximate surface area is 129 Å². The van der Waals surface area contributed by atoms with Gasteiger partial charge in [0.2, 0.25) is 12.0 Å². The fourth-order valence-electron chi connectivity index (χ4n) is 1.62. The van der Waals surface area contributed by atoms with E-state index in [1.165, 1.54) is 13.4 Å². The van der Waals surface area contributed by atoms with Crippen LogP contribution in [-0.4, -0.2) is 43.7 Å². The Morgan fingerprint density at radius 3 is 2.43 bits per heavy atom. The number of methoxy groups -OCH3 is 2. The molecule has 1 atom stereocenters. The second kappa shape index (κ2) is 7.06. The highest BCUT2D eigenvalue weighted by Gasteiger charge is 2.39. The first-order valence-corrected chi connectivity index (χ1v) is 6.19. The number of rotatable bonds is 3. The highest BCUT2D eigenvalue weighted by molar-refractivity contribution is 6.69. The van der Waals surface area contributed by atoms with Crippen LogP contribution in [0.2, 0.25) is 0 Å². The molecule has 3 N–H and O–H groups in total. The van der Waals surface area contributed by atoms with Crippen molar-refractivity contribution in [1.82, 2.24) is 10.9 Å². The summed E-state index contributed by atoms with van der Waals surface area (Å²) in [7, 11) is 2.33. The van der Waals surface area contributed by atoms with Gasteiger partial charge in [0, 0.05) is 0 Å². The van der Waals surface area contributed by atoms with Crippen molar-refractivity contribution in [1.29, 1.82) is 5.41 Å². The molecule has 11 nitrogen and oxygen atoms in total. The molecule has 1 aromatic rings.